The Morgan fingerprint density at radius 2 is 1.84 bits per heavy atom. The van der Waals surface area contributed by atoms with Crippen LogP contribution in [0.3, 0.4) is 0 Å². The molecule has 0 saturated carbocycles. The maximum atomic E-state index is 12.1. The Kier molecular flexibility index (Phi) is 2.88. The summed E-state index contributed by atoms with van der Waals surface area (Å²) in [6.45, 7) is 3.85. The maximum Gasteiger partial charge on any atom is 0.257 e. The average molecular weight is 269 g/mol. The van der Waals surface area contributed by atoms with Gasteiger partial charge >= 0.3 is 0 Å². The standard InChI is InChI=1S/C16H11ClNO/c1-10-7-8-12-13(9-10)18-16(19)14(12)15(17)11-5-3-2-4-6-11/h2-9H,1H2,(H,18,19). The number of carbonyl (C=O) groups excluding carboxylic acids is 1. The van der Waals surface area contributed by atoms with Crippen molar-refractivity contribution in [3.63, 3.8) is 0 Å². The number of benzene rings is 2. The topological polar surface area (TPSA) is 29.1 Å². The second-order valence-corrected chi connectivity index (χ2v) is 4.77. The van der Waals surface area contributed by atoms with Gasteiger partial charge in [0.25, 0.3) is 5.91 Å². The van der Waals surface area contributed by atoms with Crippen molar-refractivity contribution in [2.45, 2.75) is 0 Å². The van der Waals surface area contributed by atoms with E-state index in [0.29, 0.717) is 10.6 Å². The van der Waals surface area contributed by atoms with E-state index in [1.165, 1.54) is 0 Å². The molecule has 0 aromatic heterocycles. The molecule has 93 valence electrons. The van der Waals surface area contributed by atoms with E-state index in [0.717, 1.165) is 22.4 Å². The monoisotopic (exact) mass is 268 g/mol. The van der Waals surface area contributed by atoms with Crippen molar-refractivity contribution >= 4 is 33.8 Å². The van der Waals surface area contributed by atoms with Crippen LogP contribution in [0.1, 0.15) is 16.7 Å². The van der Waals surface area contributed by atoms with Crippen molar-refractivity contribution < 1.29 is 4.79 Å². The summed E-state index contributed by atoms with van der Waals surface area (Å²) >= 11 is 6.38. The lowest BCUT2D eigenvalue weighted by Gasteiger charge is -2.04. The first-order valence-corrected chi connectivity index (χ1v) is 6.27. The predicted octanol–water partition coefficient (Wildman–Crippen LogP) is 3.93. The molecule has 0 unspecified atom stereocenters. The molecule has 1 aliphatic rings. The smallest absolute Gasteiger partial charge is 0.257 e. The minimum Gasteiger partial charge on any atom is -0.321 e. The highest BCUT2D eigenvalue weighted by atomic mass is 35.5. The first kappa shape index (κ1) is 12.0. The van der Waals surface area contributed by atoms with Crippen molar-refractivity contribution in [2.75, 3.05) is 5.32 Å². The molecule has 1 radical (unpaired) electrons. The van der Waals surface area contributed by atoms with Crippen LogP contribution in [-0.2, 0) is 4.79 Å². The Hall–Kier alpha value is -2.06. The molecule has 1 heterocycles. The lowest BCUT2D eigenvalue weighted by Crippen LogP contribution is -2.04. The van der Waals surface area contributed by atoms with Gasteiger partial charge in [0.2, 0.25) is 0 Å². The zero-order valence-electron chi connectivity index (χ0n) is 10.1. The SMILES string of the molecule is [CH2]c1ccc2c(c1)NC(=O)C2=C(Cl)c1ccccc1. The Labute approximate surface area is 116 Å². The first-order valence-electron chi connectivity index (χ1n) is 5.90. The highest BCUT2D eigenvalue weighted by molar-refractivity contribution is 6.59. The summed E-state index contributed by atoms with van der Waals surface area (Å²) in [6, 6.07) is 15.1. The summed E-state index contributed by atoms with van der Waals surface area (Å²) in [5.41, 5.74) is 3.80. The molecule has 0 fully saturated rings. The number of hydrogen-bond donors (Lipinski definition) is 1. The van der Waals surface area contributed by atoms with Crippen LogP contribution in [0.15, 0.2) is 48.5 Å². The van der Waals surface area contributed by atoms with Crippen LogP contribution in [-0.4, -0.2) is 5.91 Å². The molecule has 0 bridgehead atoms. The van der Waals surface area contributed by atoms with Crippen LogP contribution in [0.4, 0.5) is 5.69 Å². The fourth-order valence-corrected chi connectivity index (χ4v) is 2.48. The van der Waals surface area contributed by atoms with Crippen molar-refractivity contribution in [3.05, 3.63) is 72.1 Å². The van der Waals surface area contributed by atoms with Gasteiger partial charge in [-0.3, -0.25) is 4.79 Å². The Balaban J connectivity index is 2.19. The Morgan fingerprint density at radius 3 is 2.58 bits per heavy atom. The lowest BCUT2D eigenvalue weighted by molar-refractivity contribution is -0.110. The normalized spacial score (nSPS) is 16.0. The molecule has 1 aliphatic heterocycles. The number of fused-ring (bicyclic) bond motifs is 1. The van der Waals surface area contributed by atoms with Crippen LogP contribution in [0.25, 0.3) is 10.6 Å². The highest BCUT2D eigenvalue weighted by Gasteiger charge is 2.27. The van der Waals surface area contributed by atoms with Gasteiger partial charge < -0.3 is 5.32 Å². The van der Waals surface area contributed by atoms with Gasteiger partial charge in [-0.25, -0.2) is 0 Å². The van der Waals surface area contributed by atoms with E-state index in [9.17, 15) is 4.79 Å². The van der Waals surface area contributed by atoms with Crippen molar-refractivity contribution in [1.29, 1.82) is 0 Å². The van der Waals surface area contributed by atoms with E-state index in [2.05, 4.69) is 12.2 Å². The Bertz CT molecular complexity index is 689. The van der Waals surface area contributed by atoms with Crippen LogP contribution in [0, 0.1) is 6.92 Å². The Morgan fingerprint density at radius 1 is 1.11 bits per heavy atom. The number of rotatable bonds is 1. The molecule has 0 aliphatic carbocycles. The third-order valence-electron chi connectivity index (χ3n) is 3.08. The summed E-state index contributed by atoms with van der Waals surface area (Å²) in [6.07, 6.45) is 0. The number of anilines is 1. The van der Waals surface area contributed by atoms with E-state index < -0.39 is 0 Å². The second-order valence-electron chi connectivity index (χ2n) is 4.39. The van der Waals surface area contributed by atoms with Gasteiger partial charge in [-0.2, -0.15) is 0 Å². The zero-order valence-corrected chi connectivity index (χ0v) is 10.9. The number of halogens is 1. The van der Waals surface area contributed by atoms with Crippen molar-refractivity contribution in [1.82, 2.24) is 0 Å². The molecule has 3 rings (SSSR count). The number of amides is 1. The largest absolute Gasteiger partial charge is 0.321 e. The van der Waals surface area contributed by atoms with Gasteiger partial charge in [0.05, 0.1) is 10.6 Å². The average Bonchev–Trinajstić information content (AvgIpc) is 2.74. The molecular weight excluding hydrogens is 258 g/mol. The summed E-state index contributed by atoms with van der Waals surface area (Å²) in [5, 5.41) is 3.28. The van der Waals surface area contributed by atoms with Crippen LogP contribution >= 0.6 is 11.6 Å². The molecule has 3 heteroatoms. The van der Waals surface area contributed by atoms with Gasteiger partial charge in [-0.15, -0.1) is 0 Å². The third-order valence-corrected chi connectivity index (χ3v) is 3.48. The van der Waals surface area contributed by atoms with E-state index >= 15 is 0 Å². The first-order chi connectivity index (χ1) is 9.16. The summed E-state index contributed by atoms with van der Waals surface area (Å²) in [7, 11) is 0. The van der Waals surface area contributed by atoms with Gasteiger partial charge in [0, 0.05) is 11.3 Å². The minimum absolute atomic E-state index is 0.172. The van der Waals surface area contributed by atoms with E-state index in [-0.39, 0.29) is 5.91 Å². The number of hydrogen-bond acceptors (Lipinski definition) is 1. The summed E-state index contributed by atoms with van der Waals surface area (Å²) in [5.74, 6) is -0.172. The minimum atomic E-state index is -0.172. The van der Waals surface area contributed by atoms with E-state index in [1.54, 1.807) is 0 Å². The molecule has 2 aromatic carbocycles. The van der Waals surface area contributed by atoms with Crippen molar-refractivity contribution in [3.8, 4) is 0 Å². The van der Waals surface area contributed by atoms with Crippen LogP contribution < -0.4 is 5.32 Å². The second kappa shape index (κ2) is 4.56. The molecule has 0 spiro atoms. The zero-order chi connectivity index (χ0) is 13.4. The number of nitrogens with one attached hydrogen (secondary N) is 1. The molecular formula is C16H11ClNO. The quantitative estimate of drug-likeness (QED) is 0.780. The molecule has 2 aromatic rings. The van der Waals surface area contributed by atoms with Crippen LogP contribution in [0.2, 0.25) is 0 Å². The predicted molar refractivity (Wildman–Crippen MR) is 78.6 cm³/mol. The third kappa shape index (κ3) is 2.04. The summed E-state index contributed by atoms with van der Waals surface area (Å²) in [4.78, 5) is 12.1. The molecule has 1 amide bonds. The van der Waals surface area contributed by atoms with Crippen molar-refractivity contribution in [2.24, 2.45) is 0 Å². The molecule has 0 saturated heterocycles. The van der Waals surface area contributed by atoms with Crippen LogP contribution in [0.5, 0.6) is 0 Å². The molecule has 1 N–H and O–H groups in total. The fraction of sp³-hybridized carbons (Fsp3) is 0. The lowest BCUT2D eigenvalue weighted by atomic mass is 10.0. The van der Waals surface area contributed by atoms with E-state index in [4.69, 9.17) is 11.6 Å². The number of carbonyl (C=O) groups is 1. The van der Waals surface area contributed by atoms with Gasteiger partial charge in [-0.1, -0.05) is 54.1 Å². The molecule has 0 atom stereocenters. The van der Waals surface area contributed by atoms with Gasteiger partial charge in [0.1, 0.15) is 0 Å². The van der Waals surface area contributed by atoms with E-state index in [1.807, 2.05) is 48.5 Å². The molecule has 2 nitrogen and oxygen atoms in total. The maximum absolute atomic E-state index is 12.1. The molecule has 19 heavy (non-hydrogen) atoms. The summed E-state index contributed by atoms with van der Waals surface area (Å²) < 4.78 is 0. The fourth-order valence-electron chi connectivity index (χ4n) is 2.17. The highest BCUT2D eigenvalue weighted by Crippen LogP contribution is 2.38. The van der Waals surface area contributed by atoms with Gasteiger partial charge in [-0.05, 0) is 24.1 Å². The van der Waals surface area contributed by atoms with Gasteiger partial charge in [0.15, 0.2) is 0 Å².